The molecule has 0 unspecified atom stereocenters. The van der Waals surface area contributed by atoms with Crippen LogP contribution in [0.5, 0.6) is 11.5 Å². The lowest BCUT2D eigenvalue weighted by atomic mass is 9.85. The molecule has 0 aromatic heterocycles. The summed E-state index contributed by atoms with van der Waals surface area (Å²) in [4.78, 5) is 0. The summed E-state index contributed by atoms with van der Waals surface area (Å²) < 4.78 is 12.0. The van der Waals surface area contributed by atoms with E-state index in [2.05, 4.69) is 50.2 Å². The maximum absolute atomic E-state index is 6.15. The molecular formula is C24H32O2. The quantitative estimate of drug-likeness (QED) is 0.449. The Kier molecular flexibility index (Phi) is 6.99. The van der Waals surface area contributed by atoms with Crippen LogP contribution in [0.2, 0.25) is 0 Å². The van der Waals surface area contributed by atoms with Crippen LogP contribution in [0.25, 0.3) is 11.1 Å². The monoisotopic (exact) mass is 352 g/mol. The molecule has 0 atom stereocenters. The molecule has 0 heterocycles. The van der Waals surface area contributed by atoms with Crippen LogP contribution in [0.4, 0.5) is 0 Å². The largest absolute Gasteiger partial charge is 0.494 e. The summed E-state index contributed by atoms with van der Waals surface area (Å²) >= 11 is 0. The number of rotatable bonds is 10. The third-order valence-corrected chi connectivity index (χ3v) is 5.12. The lowest BCUT2D eigenvalue weighted by Gasteiger charge is -2.23. The Hall–Kier alpha value is -1.96. The second kappa shape index (κ2) is 9.66. The highest BCUT2D eigenvalue weighted by molar-refractivity contribution is 5.76. The van der Waals surface area contributed by atoms with Crippen LogP contribution in [-0.4, -0.2) is 13.2 Å². The molecule has 1 aliphatic carbocycles. The van der Waals surface area contributed by atoms with E-state index < -0.39 is 0 Å². The topological polar surface area (TPSA) is 18.5 Å². The summed E-state index contributed by atoms with van der Waals surface area (Å²) in [6, 6.07) is 13.0. The van der Waals surface area contributed by atoms with Gasteiger partial charge in [0.1, 0.15) is 11.5 Å². The average molecular weight is 353 g/mol. The van der Waals surface area contributed by atoms with Crippen molar-refractivity contribution in [1.29, 1.82) is 0 Å². The van der Waals surface area contributed by atoms with Crippen LogP contribution in [0, 0.1) is 0 Å². The van der Waals surface area contributed by atoms with Crippen molar-refractivity contribution in [1.82, 2.24) is 0 Å². The van der Waals surface area contributed by atoms with E-state index in [1.54, 1.807) is 0 Å². The SMILES string of the molecule is CCCCCCCOc1cccc2c1CCc1cc(OCCC)ccc1-2. The van der Waals surface area contributed by atoms with Gasteiger partial charge in [0.05, 0.1) is 13.2 Å². The zero-order valence-electron chi connectivity index (χ0n) is 16.4. The summed E-state index contributed by atoms with van der Waals surface area (Å²) in [7, 11) is 0. The third kappa shape index (κ3) is 4.60. The molecule has 140 valence electrons. The van der Waals surface area contributed by atoms with Crippen LogP contribution in [0.15, 0.2) is 36.4 Å². The Morgan fingerprint density at radius 3 is 2.50 bits per heavy atom. The van der Waals surface area contributed by atoms with Gasteiger partial charge in [-0.15, -0.1) is 0 Å². The van der Waals surface area contributed by atoms with Gasteiger partial charge in [-0.25, -0.2) is 0 Å². The lowest BCUT2D eigenvalue weighted by Crippen LogP contribution is -2.08. The van der Waals surface area contributed by atoms with E-state index in [1.165, 1.54) is 47.9 Å². The van der Waals surface area contributed by atoms with Crippen molar-refractivity contribution < 1.29 is 9.47 Å². The first kappa shape index (κ1) is 18.8. The molecule has 0 aliphatic heterocycles. The molecule has 0 amide bonds. The average Bonchev–Trinajstić information content (AvgIpc) is 2.68. The van der Waals surface area contributed by atoms with E-state index in [0.29, 0.717) is 0 Å². The van der Waals surface area contributed by atoms with Crippen molar-refractivity contribution in [3.05, 3.63) is 47.5 Å². The van der Waals surface area contributed by atoms with E-state index in [9.17, 15) is 0 Å². The van der Waals surface area contributed by atoms with Crippen LogP contribution in [0.3, 0.4) is 0 Å². The van der Waals surface area contributed by atoms with Gasteiger partial charge in [0.2, 0.25) is 0 Å². The van der Waals surface area contributed by atoms with Gasteiger partial charge in [-0.1, -0.05) is 57.7 Å². The molecule has 0 fully saturated rings. The highest BCUT2D eigenvalue weighted by Gasteiger charge is 2.19. The Balaban J connectivity index is 1.69. The highest BCUT2D eigenvalue weighted by Crippen LogP contribution is 2.39. The lowest BCUT2D eigenvalue weighted by molar-refractivity contribution is 0.301. The van der Waals surface area contributed by atoms with E-state index in [0.717, 1.165) is 50.4 Å². The van der Waals surface area contributed by atoms with E-state index in [-0.39, 0.29) is 0 Å². The normalized spacial score (nSPS) is 12.4. The van der Waals surface area contributed by atoms with Crippen LogP contribution < -0.4 is 9.47 Å². The maximum atomic E-state index is 6.15. The molecule has 2 aromatic rings. The van der Waals surface area contributed by atoms with Crippen molar-refractivity contribution in [3.63, 3.8) is 0 Å². The third-order valence-electron chi connectivity index (χ3n) is 5.12. The summed E-state index contributed by atoms with van der Waals surface area (Å²) in [5.41, 5.74) is 5.43. The maximum Gasteiger partial charge on any atom is 0.123 e. The molecule has 1 aliphatic rings. The minimum absolute atomic E-state index is 0.783. The summed E-state index contributed by atoms with van der Waals surface area (Å²) in [5, 5.41) is 0. The van der Waals surface area contributed by atoms with Gasteiger partial charge in [-0.2, -0.15) is 0 Å². The van der Waals surface area contributed by atoms with Crippen molar-refractivity contribution in [2.45, 2.75) is 65.2 Å². The van der Waals surface area contributed by atoms with Crippen molar-refractivity contribution in [3.8, 4) is 22.6 Å². The Bertz CT molecular complexity index is 705. The molecular weight excluding hydrogens is 320 g/mol. The predicted octanol–water partition coefficient (Wildman–Crippen LogP) is 6.59. The fraction of sp³-hybridized carbons (Fsp3) is 0.500. The molecule has 2 nitrogen and oxygen atoms in total. The van der Waals surface area contributed by atoms with Crippen molar-refractivity contribution >= 4 is 0 Å². The molecule has 0 bridgehead atoms. The fourth-order valence-electron chi connectivity index (χ4n) is 3.71. The molecule has 2 heteroatoms. The number of ether oxygens (including phenoxy) is 2. The zero-order valence-corrected chi connectivity index (χ0v) is 16.4. The minimum atomic E-state index is 0.783. The van der Waals surface area contributed by atoms with Gasteiger partial charge < -0.3 is 9.47 Å². The van der Waals surface area contributed by atoms with Gasteiger partial charge in [-0.05, 0) is 60.6 Å². The predicted molar refractivity (Wildman–Crippen MR) is 109 cm³/mol. The van der Waals surface area contributed by atoms with Crippen molar-refractivity contribution in [2.75, 3.05) is 13.2 Å². The molecule has 0 spiro atoms. The van der Waals surface area contributed by atoms with E-state index >= 15 is 0 Å². The molecule has 0 saturated carbocycles. The second-order valence-electron chi connectivity index (χ2n) is 7.21. The van der Waals surface area contributed by atoms with Gasteiger partial charge in [0.15, 0.2) is 0 Å². The number of benzene rings is 2. The zero-order chi connectivity index (χ0) is 18.2. The van der Waals surface area contributed by atoms with Crippen LogP contribution in [0.1, 0.15) is 63.5 Å². The number of unbranched alkanes of at least 4 members (excludes halogenated alkanes) is 4. The molecule has 26 heavy (non-hydrogen) atoms. The van der Waals surface area contributed by atoms with Gasteiger partial charge in [0, 0.05) is 5.56 Å². The van der Waals surface area contributed by atoms with E-state index in [4.69, 9.17) is 9.47 Å². The molecule has 3 rings (SSSR count). The summed E-state index contributed by atoms with van der Waals surface area (Å²) in [5.74, 6) is 2.07. The molecule has 2 aromatic carbocycles. The fourth-order valence-corrected chi connectivity index (χ4v) is 3.71. The van der Waals surface area contributed by atoms with Crippen LogP contribution in [-0.2, 0) is 12.8 Å². The number of aryl methyl sites for hydroxylation is 1. The van der Waals surface area contributed by atoms with Gasteiger partial charge in [-0.3, -0.25) is 0 Å². The first-order valence-corrected chi connectivity index (χ1v) is 10.3. The number of hydrogen-bond acceptors (Lipinski definition) is 2. The number of fused-ring (bicyclic) bond motifs is 3. The highest BCUT2D eigenvalue weighted by atomic mass is 16.5. The van der Waals surface area contributed by atoms with Crippen LogP contribution >= 0.6 is 0 Å². The van der Waals surface area contributed by atoms with Gasteiger partial charge >= 0.3 is 0 Å². The number of hydrogen-bond donors (Lipinski definition) is 0. The summed E-state index contributed by atoms with van der Waals surface area (Å²) in [6.07, 6.45) is 9.51. The minimum Gasteiger partial charge on any atom is -0.494 e. The Morgan fingerprint density at radius 1 is 0.769 bits per heavy atom. The molecule has 0 saturated heterocycles. The van der Waals surface area contributed by atoms with E-state index in [1.807, 2.05) is 0 Å². The standard InChI is InChI=1S/C24H32O2/c1-3-5-6-7-8-17-26-24-11-9-10-22-21-15-13-20(25-16-4-2)18-19(21)12-14-23(22)24/h9-11,13,15,18H,3-8,12,14,16-17H2,1-2H3. The summed E-state index contributed by atoms with van der Waals surface area (Å²) in [6.45, 7) is 6.01. The Labute approximate surface area is 158 Å². The van der Waals surface area contributed by atoms with Gasteiger partial charge in [0.25, 0.3) is 0 Å². The second-order valence-corrected chi connectivity index (χ2v) is 7.21. The molecule has 0 radical (unpaired) electrons. The molecule has 0 N–H and O–H groups in total. The smallest absolute Gasteiger partial charge is 0.123 e. The Morgan fingerprint density at radius 2 is 1.65 bits per heavy atom. The van der Waals surface area contributed by atoms with Crippen molar-refractivity contribution in [2.24, 2.45) is 0 Å². The first-order chi connectivity index (χ1) is 12.8. The first-order valence-electron chi connectivity index (χ1n) is 10.3.